The third-order valence-electron chi connectivity index (χ3n) is 5.92. The number of aldehydes is 1. The standard InChI is InChI=1S/C23H31N7O6/c1-4-5-9-23(13-31,28-15(18(32)20(33)24-2)12-30-11-10-25-22(30)35)29-21(34)19-26-14-7-6-8-16(36-3)17(14)27-19/h6-8,13,15,28H,4-5,9-12H2,1-3H3,(H,24,33)(H,25,35)(H,26,27)(H,29,34)/t15?,23-/m0/s1. The quantitative estimate of drug-likeness (QED) is 0.141. The first-order valence-corrected chi connectivity index (χ1v) is 11.7. The maximum absolute atomic E-state index is 13.2. The number of nitrogens with one attached hydrogen (secondary N) is 5. The predicted molar refractivity (Wildman–Crippen MR) is 129 cm³/mol. The second-order valence-electron chi connectivity index (χ2n) is 8.41. The first-order valence-electron chi connectivity index (χ1n) is 11.7. The van der Waals surface area contributed by atoms with Gasteiger partial charge in [-0.1, -0.05) is 19.4 Å². The monoisotopic (exact) mass is 501 g/mol. The maximum Gasteiger partial charge on any atom is 0.317 e. The Balaban J connectivity index is 1.91. The molecule has 1 aromatic heterocycles. The van der Waals surface area contributed by atoms with Crippen molar-refractivity contribution in [2.75, 3.05) is 33.8 Å². The molecule has 36 heavy (non-hydrogen) atoms. The van der Waals surface area contributed by atoms with Crippen LogP contribution >= 0.6 is 0 Å². The zero-order valence-corrected chi connectivity index (χ0v) is 20.5. The molecule has 1 fully saturated rings. The average Bonchev–Trinajstić information content (AvgIpc) is 3.51. The number of aromatic amines is 1. The highest BCUT2D eigenvalue weighted by molar-refractivity contribution is 6.38. The summed E-state index contributed by atoms with van der Waals surface area (Å²) >= 11 is 0. The number of H-pyrrole nitrogens is 1. The number of carbonyl (C=O) groups is 5. The maximum atomic E-state index is 13.2. The molecular formula is C23H31N7O6. The zero-order valence-electron chi connectivity index (χ0n) is 20.5. The van der Waals surface area contributed by atoms with Crippen molar-refractivity contribution in [3.05, 3.63) is 24.0 Å². The van der Waals surface area contributed by atoms with Crippen LogP contribution in [0.1, 0.15) is 36.8 Å². The van der Waals surface area contributed by atoms with Crippen LogP contribution in [0.25, 0.3) is 11.0 Å². The van der Waals surface area contributed by atoms with Gasteiger partial charge in [-0.25, -0.2) is 9.78 Å². The van der Waals surface area contributed by atoms with Gasteiger partial charge in [0.1, 0.15) is 16.9 Å². The van der Waals surface area contributed by atoms with Gasteiger partial charge in [-0.2, -0.15) is 0 Å². The summed E-state index contributed by atoms with van der Waals surface area (Å²) in [6.45, 7) is 2.46. The molecule has 13 heteroatoms. The fourth-order valence-electron chi connectivity index (χ4n) is 3.98. The molecule has 0 spiro atoms. The van der Waals surface area contributed by atoms with Crippen LogP contribution < -0.4 is 26.0 Å². The van der Waals surface area contributed by atoms with E-state index in [0.717, 1.165) is 0 Å². The molecular weight excluding hydrogens is 470 g/mol. The molecule has 0 bridgehead atoms. The Labute approximate surface area is 207 Å². The lowest BCUT2D eigenvalue weighted by Gasteiger charge is -2.35. The fourth-order valence-corrected chi connectivity index (χ4v) is 3.98. The summed E-state index contributed by atoms with van der Waals surface area (Å²) in [7, 11) is 2.79. The molecule has 2 heterocycles. The van der Waals surface area contributed by atoms with Crippen molar-refractivity contribution < 1.29 is 28.7 Å². The lowest BCUT2D eigenvalue weighted by atomic mass is 10.00. The number of aromatic nitrogens is 2. The van der Waals surface area contributed by atoms with Crippen LogP contribution in [0.3, 0.4) is 0 Å². The van der Waals surface area contributed by atoms with Gasteiger partial charge >= 0.3 is 6.03 Å². The van der Waals surface area contributed by atoms with E-state index >= 15 is 0 Å². The van der Waals surface area contributed by atoms with Crippen LogP contribution in [0.5, 0.6) is 5.75 Å². The van der Waals surface area contributed by atoms with E-state index in [1.54, 1.807) is 18.2 Å². The van der Waals surface area contributed by atoms with Gasteiger partial charge in [0.05, 0.1) is 18.7 Å². The van der Waals surface area contributed by atoms with Gasteiger partial charge in [0.2, 0.25) is 5.78 Å². The molecule has 3 rings (SSSR count). The van der Waals surface area contributed by atoms with Crippen molar-refractivity contribution in [1.29, 1.82) is 0 Å². The summed E-state index contributed by atoms with van der Waals surface area (Å²) in [6.07, 6.45) is 1.84. The highest BCUT2D eigenvalue weighted by Gasteiger charge is 2.39. The zero-order chi connectivity index (χ0) is 26.3. The largest absolute Gasteiger partial charge is 0.494 e. The van der Waals surface area contributed by atoms with Gasteiger partial charge in [-0.3, -0.25) is 24.5 Å². The second kappa shape index (κ2) is 11.6. The molecule has 1 aliphatic rings. The number of imidazole rings is 1. The summed E-state index contributed by atoms with van der Waals surface area (Å²) in [4.78, 5) is 71.4. The summed E-state index contributed by atoms with van der Waals surface area (Å²) in [5.74, 6) is -2.06. The van der Waals surface area contributed by atoms with Gasteiger partial charge < -0.3 is 30.6 Å². The Morgan fingerprint density at radius 3 is 2.72 bits per heavy atom. The SMILES string of the molecule is CCCC[C@@](C=O)(NC(=O)c1nc2c(OC)cccc2[nH]1)NC(CN1CCNC1=O)C(=O)C(=O)NC. The van der Waals surface area contributed by atoms with Crippen molar-refractivity contribution >= 4 is 40.9 Å². The number of fused-ring (bicyclic) bond motifs is 1. The minimum Gasteiger partial charge on any atom is -0.494 e. The van der Waals surface area contributed by atoms with Gasteiger partial charge in [0.25, 0.3) is 11.8 Å². The Hall–Kier alpha value is -4.00. The molecule has 13 nitrogen and oxygen atoms in total. The van der Waals surface area contributed by atoms with Gasteiger partial charge in [-0.05, 0) is 25.0 Å². The van der Waals surface area contributed by atoms with Crippen molar-refractivity contribution in [2.45, 2.75) is 37.9 Å². The van der Waals surface area contributed by atoms with E-state index in [2.05, 4.69) is 31.2 Å². The highest BCUT2D eigenvalue weighted by Crippen LogP contribution is 2.23. The number of nitrogens with zero attached hydrogens (tertiary/aromatic N) is 2. The molecule has 2 atom stereocenters. The molecule has 0 radical (unpaired) electrons. The number of amides is 4. The second-order valence-corrected chi connectivity index (χ2v) is 8.41. The Morgan fingerprint density at radius 2 is 2.11 bits per heavy atom. The summed E-state index contributed by atoms with van der Waals surface area (Å²) < 4.78 is 5.28. The third kappa shape index (κ3) is 5.79. The van der Waals surface area contributed by atoms with Crippen molar-refractivity contribution in [3.8, 4) is 5.75 Å². The van der Waals surface area contributed by atoms with E-state index in [4.69, 9.17) is 4.74 Å². The minimum absolute atomic E-state index is 0.0629. The molecule has 1 aromatic carbocycles. The topological polar surface area (TPSA) is 175 Å². The molecule has 1 unspecified atom stereocenters. The molecule has 5 N–H and O–H groups in total. The Kier molecular flexibility index (Phi) is 8.59. The van der Waals surface area contributed by atoms with Crippen molar-refractivity contribution in [3.63, 3.8) is 0 Å². The van der Waals surface area contributed by atoms with Gasteiger partial charge in [0, 0.05) is 26.7 Å². The minimum atomic E-state index is -1.71. The first-order chi connectivity index (χ1) is 17.3. The lowest BCUT2D eigenvalue weighted by Crippen LogP contribution is -2.67. The number of ether oxygens (including phenoxy) is 1. The number of likely N-dealkylation sites (N-methyl/N-ethyl adjacent to an activating group) is 1. The Bertz CT molecular complexity index is 1150. The summed E-state index contributed by atoms with van der Waals surface area (Å²) in [6, 6.07) is 3.52. The van der Waals surface area contributed by atoms with E-state index in [1.165, 1.54) is 19.1 Å². The van der Waals surface area contributed by atoms with Crippen LogP contribution in [0.4, 0.5) is 4.79 Å². The van der Waals surface area contributed by atoms with E-state index in [0.29, 0.717) is 49.0 Å². The van der Waals surface area contributed by atoms with Crippen LogP contribution in [0, 0.1) is 0 Å². The predicted octanol–water partition coefficient (Wildman–Crippen LogP) is -0.315. The van der Waals surface area contributed by atoms with E-state index < -0.39 is 35.3 Å². The van der Waals surface area contributed by atoms with Crippen molar-refractivity contribution in [1.82, 2.24) is 36.1 Å². The molecule has 194 valence electrons. The number of urea groups is 1. The van der Waals surface area contributed by atoms with Crippen molar-refractivity contribution in [2.24, 2.45) is 0 Å². The summed E-state index contributed by atoms with van der Waals surface area (Å²) in [5, 5.41) is 10.4. The normalized spacial score (nSPS) is 15.6. The smallest absolute Gasteiger partial charge is 0.317 e. The van der Waals surface area contributed by atoms with Gasteiger partial charge in [-0.15, -0.1) is 0 Å². The van der Waals surface area contributed by atoms with Crippen LogP contribution in [-0.2, 0) is 14.4 Å². The lowest BCUT2D eigenvalue weighted by molar-refractivity contribution is -0.139. The number of carbonyl (C=O) groups excluding carboxylic acids is 5. The Morgan fingerprint density at radius 1 is 1.33 bits per heavy atom. The molecule has 2 aromatic rings. The number of Topliss-reactive ketones (excluding diaryl/α,β-unsaturated/α-hetero) is 1. The molecule has 0 saturated carbocycles. The van der Waals surface area contributed by atoms with Crippen LogP contribution in [0.2, 0.25) is 0 Å². The number of methoxy groups -OCH3 is 1. The number of rotatable bonds is 13. The third-order valence-corrected chi connectivity index (χ3v) is 5.92. The van der Waals surface area contributed by atoms with Gasteiger partial charge in [0.15, 0.2) is 12.1 Å². The van der Waals surface area contributed by atoms with E-state index in [1.807, 2.05) is 6.92 Å². The highest BCUT2D eigenvalue weighted by atomic mass is 16.5. The molecule has 4 amide bonds. The van der Waals surface area contributed by atoms with Crippen LogP contribution in [-0.4, -0.2) is 90.3 Å². The molecule has 0 aliphatic carbocycles. The molecule has 1 aliphatic heterocycles. The summed E-state index contributed by atoms with van der Waals surface area (Å²) in [5.41, 5.74) is -0.706. The van der Waals surface area contributed by atoms with E-state index in [9.17, 15) is 24.0 Å². The first kappa shape index (κ1) is 26.6. The number of ketones is 1. The number of unbranched alkanes of at least 4 members (excludes halogenated alkanes) is 1. The average molecular weight is 502 g/mol. The number of benzene rings is 1. The molecule has 1 saturated heterocycles. The van der Waals surface area contributed by atoms with Crippen LogP contribution in [0.15, 0.2) is 18.2 Å². The number of para-hydroxylation sites is 1. The number of hydrogen-bond donors (Lipinski definition) is 5. The fraction of sp³-hybridized carbons (Fsp3) is 0.478. The number of hydrogen-bond acceptors (Lipinski definition) is 8. The van der Waals surface area contributed by atoms with E-state index in [-0.39, 0.29) is 18.8 Å².